The molecule has 1 aromatic rings. The van der Waals surface area contributed by atoms with E-state index in [1.54, 1.807) is 19.3 Å². The number of nitrogens with zero attached hydrogens (tertiary/aromatic N) is 3. The largest absolute Gasteiger partial charge is 0.356 e. The van der Waals surface area contributed by atoms with Crippen molar-refractivity contribution in [3.05, 3.63) is 24.1 Å². The summed E-state index contributed by atoms with van der Waals surface area (Å²) < 4.78 is 13.8. The monoisotopic (exact) mass is 307 g/mol. The van der Waals surface area contributed by atoms with Crippen LogP contribution in [-0.4, -0.2) is 43.7 Å². The summed E-state index contributed by atoms with van der Waals surface area (Å²) >= 11 is 0. The molecule has 1 aromatic heterocycles. The first-order chi connectivity index (χ1) is 10.7. The second kappa shape index (κ2) is 8.56. The fraction of sp³-hybridized carbons (Fsp3) is 0.625. The van der Waals surface area contributed by atoms with Gasteiger partial charge in [-0.2, -0.15) is 0 Å². The van der Waals surface area contributed by atoms with Crippen LogP contribution in [-0.2, 0) is 0 Å². The van der Waals surface area contributed by atoms with Gasteiger partial charge < -0.3 is 15.5 Å². The molecule has 0 bridgehead atoms. The molecule has 1 atom stereocenters. The van der Waals surface area contributed by atoms with Gasteiger partial charge in [0.2, 0.25) is 0 Å². The molecule has 5 nitrogen and oxygen atoms in total. The summed E-state index contributed by atoms with van der Waals surface area (Å²) in [4.78, 5) is 10.4. The molecule has 0 amide bonds. The highest BCUT2D eigenvalue weighted by Gasteiger charge is 2.25. The number of nitrogens with one attached hydrogen (secondary N) is 2. The van der Waals surface area contributed by atoms with E-state index in [-0.39, 0.29) is 11.9 Å². The van der Waals surface area contributed by atoms with Crippen molar-refractivity contribution in [1.82, 2.24) is 15.6 Å². The SMILES string of the molecule is CCCCCNC(=NC)NC1CCN(c2ncccc2F)C1. The second-order valence-electron chi connectivity index (χ2n) is 5.59. The van der Waals surface area contributed by atoms with Gasteiger partial charge in [-0.15, -0.1) is 0 Å². The zero-order valence-electron chi connectivity index (χ0n) is 13.5. The molecule has 1 aliphatic rings. The number of rotatable bonds is 6. The van der Waals surface area contributed by atoms with Crippen LogP contribution in [0.3, 0.4) is 0 Å². The Morgan fingerprint density at radius 2 is 2.36 bits per heavy atom. The average molecular weight is 307 g/mol. The van der Waals surface area contributed by atoms with Crippen LogP contribution < -0.4 is 15.5 Å². The Balaban J connectivity index is 1.81. The predicted molar refractivity (Wildman–Crippen MR) is 88.8 cm³/mol. The van der Waals surface area contributed by atoms with Crippen molar-refractivity contribution in [2.45, 2.75) is 38.6 Å². The molecule has 0 spiro atoms. The Morgan fingerprint density at radius 1 is 1.50 bits per heavy atom. The molecule has 122 valence electrons. The van der Waals surface area contributed by atoms with Gasteiger partial charge in [-0.05, 0) is 25.0 Å². The van der Waals surface area contributed by atoms with E-state index in [4.69, 9.17) is 0 Å². The Hall–Kier alpha value is -1.85. The van der Waals surface area contributed by atoms with E-state index in [0.717, 1.165) is 38.4 Å². The first kappa shape index (κ1) is 16.5. The molecule has 1 aliphatic heterocycles. The van der Waals surface area contributed by atoms with Crippen molar-refractivity contribution in [3.8, 4) is 0 Å². The van der Waals surface area contributed by atoms with Crippen molar-refractivity contribution in [1.29, 1.82) is 0 Å². The van der Waals surface area contributed by atoms with E-state index < -0.39 is 0 Å². The summed E-state index contributed by atoms with van der Waals surface area (Å²) in [6.45, 7) is 4.66. The molecule has 22 heavy (non-hydrogen) atoms. The molecule has 1 fully saturated rings. The lowest BCUT2D eigenvalue weighted by atomic mass is 10.2. The molecule has 1 unspecified atom stereocenters. The number of unbranched alkanes of at least 4 members (excludes halogenated alkanes) is 2. The third-order valence-corrected chi connectivity index (χ3v) is 3.86. The molecular weight excluding hydrogens is 281 g/mol. The van der Waals surface area contributed by atoms with Crippen molar-refractivity contribution < 1.29 is 4.39 Å². The summed E-state index contributed by atoms with van der Waals surface area (Å²) in [6.07, 6.45) is 6.16. The number of hydrogen-bond acceptors (Lipinski definition) is 3. The third-order valence-electron chi connectivity index (χ3n) is 3.86. The molecule has 0 aliphatic carbocycles. The summed E-state index contributed by atoms with van der Waals surface area (Å²) in [6, 6.07) is 3.34. The van der Waals surface area contributed by atoms with E-state index >= 15 is 0 Å². The fourth-order valence-corrected chi connectivity index (χ4v) is 2.65. The Bertz CT molecular complexity index is 491. The number of anilines is 1. The van der Waals surface area contributed by atoms with Gasteiger partial charge in [-0.1, -0.05) is 19.8 Å². The molecule has 6 heteroatoms. The zero-order valence-corrected chi connectivity index (χ0v) is 13.5. The Labute approximate surface area is 132 Å². The molecule has 2 heterocycles. The van der Waals surface area contributed by atoms with Crippen molar-refractivity contribution in [3.63, 3.8) is 0 Å². The number of halogens is 1. The second-order valence-corrected chi connectivity index (χ2v) is 5.59. The van der Waals surface area contributed by atoms with E-state index in [1.807, 2.05) is 4.90 Å². The zero-order chi connectivity index (χ0) is 15.8. The van der Waals surface area contributed by atoms with Gasteiger partial charge in [0, 0.05) is 38.9 Å². The maximum Gasteiger partial charge on any atom is 0.191 e. The number of pyridine rings is 1. The van der Waals surface area contributed by atoms with Crippen LogP contribution >= 0.6 is 0 Å². The first-order valence-corrected chi connectivity index (χ1v) is 8.07. The predicted octanol–water partition coefficient (Wildman–Crippen LogP) is 2.15. The Kier molecular flexibility index (Phi) is 6.43. The van der Waals surface area contributed by atoms with Crippen molar-refractivity contribution in [2.24, 2.45) is 4.99 Å². The lowest BCUT2D eigenvalue weighted by molar-refractivity contribution is 0.611. The van der Waals surface area contributed by atoms with Crippen molar-refractivity contribution in [2.75, 3.05) is 31.6 Å². The van der Waals surface area contributed by atoms with Crippen molar-refractivity contribution >= 4 is 11.8 Å². The van der Waals surface area contributed by atoms with Crippen LogP contribution in [0.15, 0.2) is 23.3 Å². The van der Waals surface area contributed by atoms with Crippen LogP contribution in [0.4, 0.5) is 10.2 Å². The van der Waals surface area contributed by atoms with Gasteiger partial charge in [-0.3, -0.25) is 4.99 Å². The minimum absolute atomic E-state index is 0.259. The highest BCUT2D eigenvalue weighted by molar-refractivity contribution is 5.80. The maximum absolute atomic E-state index is 13.8. The number of aliphatic imine (C=N–C) groups is 1. The van der Waals surface area contributed by atoms with Gasteiger partial charge in [0.15, 0.2) is 17.6 Å². The lowest BCUT2D eigenvalue weighted by Gasteiger charge is -2.19. The molecular formula is C16H26FN5. The van der Waals surface area contributed by atoms with Crippen LogP contribution in [0.2, 0.25) is 0 Å². The fourth-order valence-electron chi connectivity index (χ4n) is 2.65. The molecule has 0 saturated carbocycles. The molecule has 2 N–H and O–H groups in total. The molecule has 2 rings (SSSR count). The quantitative estimate of drug-likeness (QED) is 0.480. The van der Waals surface area contributed by atoms with Gasteiger partial charge in [-0.25, -0.2) is 9.37 Å². The highest BCUT2D eigenvalue weighted by atomic mass is 19.1. The van der Waals surface area contributed by atoms with Crippen LogP contribution in [0.25, 0.3) is 0 Å². The third kappa shape index (κ3) is 4.58. The van der Waals surface area contributed by atoms with Crippen LogP contribution in [0.5, 0.6) is 0 Å². The Morgan fingerprint density at radius 3 is 3.09 bits per heavy atom. The highest BCUT2D eigenvalue weighted by Crippen LogP contribution is 2.20. The van der Waals surface area contributed by atoms with Gasteiger partial charge >= 0.3 is 0 Å². The van der Waals surface area contributed by atoms with Crippen LogP contribution in [0, 0.1) is 5.82 Å². The maximum atomic E-state index is 13.8. The van der Waals surface area contributed by atoms with Gasteiger partial charge in [0.25, 0.3) is 0 Å². The summed E-state index contributed by atoms with van der Waals surface area (Å²) in [5.74, 6) is 1.01. The topological polar surface area (TPSA) is 52.6 Å². The van der Waals surface area contributed by atoms with Gasteiger partial charge in [0.05, 0.1) is 0 Å². The number of hydrogen-bond donors (Lipinski definition) is 2. The smallest absolute Gasteiger partial charge is 0.191 e. The number of aromatic nitrogens is 1. The van der Waals surface area contributed by atoms with Gasteiger partial charge in [0.1, 0.15) is 0 Å². The van der Waals surface area contributed by atoms with E-state index in [9.17, 15) is 4.39 Å². The van der Waals surface area contributed by atoms with E-state index in [0.29, 0.717) is 5.82 Å². The van der Waals surface area contributed by atoms with Crippen LogP contribution in [0.1, 0.15) is 32.6 Å². The number of guanidine groups is 1. The van der Waals surface area contributed by atoms with E-state index in [2.05, 4.69) is 27.5 Å². The first-order valence-electron chi connectivity index (χ1n) is 8.07. The minimum Gasteiger partial charge on any atom is -0.356 e. The molecule has 0 aromatic carbocycles. The summed E-state index contributed by atoms with van der Waals surface area (Å²) in [5, 5.41) is 6.74. The minimum atomic E-state index is -0.259. The molecule has 1 saturated heterocycles. The standard InChI is InChI=1S/C16H26FN5/c1-3-4-5-9-20-16(18-2)21-13-8-11-22(12-13)15-14(17)7-6-10-19-15/h6-7,10,13H,3-5,8-9,11-12H2,1-2H3,(H2,18,20,21). The molecule has 0 radical (unpaired) electrons. The summed E-state index contributed by atoms with van der Waals surface area (Å²) in [5.41, 5.74) is 0. The average Bonchev–Trinajstić information content (AvgIpc) is 2.99. The summed E-state index contributed by atoms with van der Waals surface area (Å²) in [7, 11) is 1.78. The normalized spacial score (nSPS) is 18.6. The lowest BCUT2D eigenvalue weighted by Crippen LogP contribution is -2.44. The van der Waals surface area contributed by atoms with E-state index in [1.165, 1.54) is 18.9 Å².